The number of carboxylic acid groups (broad SMARTS) is 1. The Balaban J connectivity index is 1.96. The summed E-state index contributed by atoms with van der Waals surface area (Å²) in [5, 5.41) is 19.8. The number of amides is 7. The highest BCUT2D eigenvalue weighted by Gasteiger charge is 2.29. The Hall–Kier alpha value is -4.79. The van der Waals surface area contributed by atoms with Gasteiger partial charge in [0.25, 0.3) is 11.8 Å². The molecule has 1 heterocycles. The summed E-state index contributed by atoms with van der Waals surface area (Å²) in [6.07, 6.45) is 5.50. The van der Waals surface area contributed by atoms with Crippen LogP contribution in [0.1, 0.15) is 71.3 Å². The van der Waals surface area contributed by atoms with Crippen molar-refractivity contribution in [1.82, 2.24) is 20.9 Å². The number of benzene rings is 1. The van der Waals surface area contributed by atoms with E-state index in [9.17, 15) is 33.6 Å². The van der Waals surface area contributed by atoms with Gasteiger partial charge in [0.05, 0.1) is 5.92 Å². The van der Waals surface area contributed by atoms with Crippen LogP contribution in [0.2, 0.25) is 0 Å². The number of carbonyl (C=O) groups excluding carboxylic acids is 6. The van der Waals surface area contributed by atoms with Crippen molar-refractivity contribution in [3.05, 3.63) is 42.0 Å². The number of hydrogen-bond donors (Lipinski definition) is 7. The number of nitrogens with one attached hydrogen (secondary N) is 4. The molecule has 0 unspecified atom stereocenters. The number of primary amides is 1. The van der Waals surface area contributed by atoms with E-state index in [1.165, 1.54) is 12.2 Å². The van der Waals surface area contributed by atoms with Gasteiger partial charge in [-0.2, -0.15) is 0 Å². The molecule has 1 aromatic rings. The maximum absolute atomic E-state index is 13.4. The van der Waals surface area contributed by atoms with Crippen LogP contribution in [0.15, 0.2) is 36.4 Å². The van der Waals surface area contributed by atoms with Gasteiger partial charge < -0.3 is 37.8 Å². The molecule has 4 atom stereocenters. The summed E-state index contributed by atoms with van der Waals surface area (Å²) in [6.45, 7) is 5.60. The first-order valence-electron chi connectivity index (χ1n) is 16.2. The Labute approximate surface area is 280 Å². The standard InChI is InChI=1S/C33H49N7O8/c1-20(2)29(39-26(41)9-5-4-6-17-40-27(42)14-15-28(40)43)31(45)38-25(8-7-16-36-33(35)48)30(44)37-24-12-10-22(11-13-24)19-23(34)18-21(3)32(46)47/h10-15,20-21,23,25,29H,4-9,16-19,34H2,1-3H3,(H,37,44)(H,38,45)(H,39,41)(H,46,47)(H3,35,36,48)/t21-,23+,25-,29-/m0/s1. The fraction of sp³-hybridized carbons (Fsp3) is 0.545. The van der Waals surface area contributed by atoms with Crippen LogP contribution in [-0.2, 0) is 35.2 Å². The average molecular weight is 672 g/mol. The Kier molecular flexibility index (Phi) is 16.2. The van der Waals surface area contributed by atoms with E-state index in [0.717, 1.165) is 10.5 Å². The molecule has 0 spiro atoms. The first-order valence-corrected chi connectivity index (χ1v) is 16.2. The van der Waals surface area contributed by atoms with Crippen LogP contribution < -0.4 is 32.7 Å². The highest BCUT2D eigenvalue weighted by molar-refractivity contribution is 6.12. The minimum Gasteiger partial charge on any atom is -0.481 e. The van der Waals surface area contributed by atoms with Crippen molar-refractivity contribution in [2.45, 2.75) is 90.3 Å². The van der Waals surface area contributed by atoms with Crippen LogP contribution in [-0.4, -0.2) is 82.8 Å². The topological polar surface area (TPSA) is 243 Å². The molecule has 15 nitrogen and oxygen atoms in total. The second-order valence-corrected chi connectivity index (χ2v) is 12.4. The van der Waals surface area contributed by atoms with Gasteiger partial charge in [0.15, 0.2) is 0 Å². The summed E-state index contributed by atoms with van der Waals surface area (Å²) < 4.78 is 0. The fourth-order valence-electron chi connectivity index (χ4n) is 5.11. The van der Waals surface area contributed by atoms with E-state index >= 15 is 0 Å². The molecule has 0 fully saturated rings. The van der Waals surface area contributed by atoms with Gasteiger partial charge in [-0.25, -0.2) is 4.79 Å². The number of unbranched alkanes of at least 4 members (excludes halogenated alkanes) is 2. The molecule has 1 aromatic carbocycles. The lowest BCUT2D eigenvalue weighted by Gasteiger charge is -2.25. The van der Waals surface area contributed by atoms with Crippen LogP contribution in [0, 0.1) is 11.8 Å². The molecule has 15 heteroatoms. The summed E-state index contributed by atoms with van der Waals surface area (Å²) in [7, 11) is 0. The smallest absolute Gasteiger partial charge is 0.312 e. The molecule has 0 saturated heterocycles. The zero-order chi connectivity index (χ0) is 35.8. The third kappa shape index (κ3) is 13.9. The van der Waals surface area contributed by atoms with Gasteiger partial charge in [0.1, 0.15) is 12.1 Å². The number of rotatable bonds is 21. The number of imide groups is 1. The molecule has 0 aliphatic carbocycles. The van der Waals surface area contributed by atoms with Gasteiger partial charge in [-0.05, 0) is 62.1 Å². The van der Waals surface area contributed by atoms with Crippen molar-refractivity contribution in [3.8, 4) is 0 Å². The lowest BCUT2D eigenvalue weighted by molar-refractivity contribution is -0.141. The molecule has 0 bridgehead atoms. The lowest BCUT2D eigenvalue weighted by atomic mass is 9.97. The predicted molar refractivity (Wildman–Crippen MR) is 178 cm³/mol. The second-order valence-electron chi connectivity index (χ2n) is 12.4. The average Bonchev–Trinajstić information content (AvgIpc) is 3.33. The molecule has 0 radical (unpaired) electrons. The first-order chi connectivity index (χ1) is 22.7. The van der Waals surface area contributed by atoms with Gasteiger partial charge in [-0.3, -0.25) is 33.7 Å². The van der Waals surface area contributed by atoms with Gasteiger partial charge >= 0.3 is 12.0 Å². The molecule has 7 amide bonds. The van der Waals surface area contributed by atoms with E-state index in [0.29, 0.717) is 44.2 Å². The van der Waals surface area contributed by atoms with E-state index < -0.39 is 41.8 Å². The molecule has 48 heavy (non-hydrogen) atoms. The van der Waals surface area contributed by atoms with Crippen molar-refractivity contribution in [1.29, 1.82) is 0 Å². The lowest BCUT2D eigenvalue weighted by Crippen LogP contribution is -2.54. The number of carbonyl (C=O) groups is 7. The number of nitrogens with two attached hydrogens (primary N) is 2. The van der Waals surface area contributed by atoms with Crippen molar-refractivity contribution in [2.75, 3.05) is 18.4 Å². The molecule has 2 rings (SSSR count). The molecular formula is C33H49N7O8. The summed E-state index contributed by atoms with van der Waals surface area (Å²) in [5.74, 6) is -3.85. The quantitative estimate of drug-likeness (QED) is 0.0731. The Morgan fingerprint density at radius 2 is 1.52 bits per heavy atom. The zero-order valence-corrected chi connectivity index (χ0v) is 27.8. The SMILES string of the molecule is CC(C)[C@H](NC(=O)CCCCCN1C(=O)C=CC1=O)C(=O)N[C@@H](CCCNC(N)=O)C(=O)Nc1ccc(C[C@H](N)C[C@H](C)C(=O)O)cc1. The first kappa shape index (κ1) is 39.4. The molecular weight excluding hydrogens is 622 g/mol. The summed E-state index contributed by atoms with van der Waals surface area (Å²) in [5.41, 5.74) is 12.6. The largest absolute Gasteiger partial charge is 0.481 e. The number of nitrogens with zero attached hydrogens (tertiary/aromatic N) is 1. The fourth-order valence-corrected chi connectivity index (χ4v) is 5.11. The minimum atomic E-state index is -0.999. The molecule has 0 saturated carbocycles. The van der Waals surface area contributed by atoms with E-state index in [1.54, 1.807) is 45.0 Å². The van der Waals surface area contributed by atoms with Gasteiger partial charge in [-0.15, -0.1) is 0 Å². The Morgan fingerprint density at radius 3 is 2.10 bits per heavy atom. The normalized spacial score (nSPS) is 15.1. The van der Waals surface area contributed by atoms with Crippen LogP contribution in [0.3, 0.4) is 0 Å². The van der Waals surface area contributed by atoms with Crippen molar-refractivity contribution < 1.29 is 38.7 Å². The predicted octanol–water partition coefficient (Wildman–Crippen LogP) is 1.17. The molecule has 9 N–H and O–H groups in total. The number of carboxylic acids is 1. The molecule has 264 valence electrons. The third-order valence-corrected chi connectivity index (χ3v) is 7.85. The summed E-state index contributed by atoms with van der Waals surface area (Å²) in [4.78, 5) is 86.1. The highest BCUT2D eigenvalue weighted by atomic mass is 16.4. The minimum absolute atomic E-state index is 0.138. The Bertz CT molecular complexity index is 1310. The van der Waals surface area contributed by atoms with E-state index in [4.69, 9.17) is 16.6 Å². The maximum atomic E-state index is 13.4. The molecule has 0 aromatic heterocycles. The zero-order valence-electron chi connectivity index (χ0n) is 27.8. The number of urea groups is 1. The van der Waals surface area contributed by atoms with E-state index in [2.05, 4.69) is 21.3 Å². The number of anilines is 1. The van der Waals surface area contributed by atoms with Gasteiger partial charge in [0.2, 0.25) is 17.7 Å². The summed E-state index contributed by atoms with van der Waals surface area (Å²) >= 11 is 0. The van der Waals surface area contributed by atoms with Crippen LogP contribution in [0.25, 0.3) is 0 Å². The van der Waals surface area contributed by atoms with Crippen LogP contribution >= 0.6 is 0 Å². The monoisotopic (exact) mass is 671 g/mol. The van der Waals surface area contributed by atoms with E-state index in [1.807, 2.05) is 0 Å². The van der Waals surface area contributed by atoms with Crippen molar-refractivity contribution in [3.63, 3.8) is 0 Å². The molecule has 1 aliphatic rings. The third-order valence-electron chi connectivity index (χ3n) is 7.85. The van der Waals surface area contributed by atoms with E-state index in [-0.39, 0.29) is 55.6 Å². The Morgan fingerprint density at radius 1 is 0.875 bits per heavy atom. The maximum Gasteiger partial charge on any atom is 0.312 e. The number of hydrogen-bond acceptors (Lipinski definition) is 8. The summed E-state index contributed by atoms with van der Waals surface area (Å²) in [6, 6.07) is 3.94. The van der Waals surface area contributed by atoms with Crippen molar-refractivity contribution in [2.24, 2.45) is 23.3 Å². The highest BCUT2D eigenvalue weighted by Crippen LogP contribution is 2.15. The number of aliphatic carboxylic acids is 1. The van der Waals surface area contributed by atoms with Crippen molar-refractivity contribution >= 4 is 47.2 Å². The van der Waals surface area contributed by atoms with Gasteiger partial charge in [0, 0.05) is 43.4 Å². The van der Waals surface area contributed by atoms with Gasteiger partial charge in [-0.1, -0.05) is 39.3 Å². The van der Waals surface area contributed by atoms with Crippen LogP contribution in [0.4, 0.5) is 10.5 Å². The second kappa shape index (κ2) is 19.8. The van der Waals surface area contributed by atoms with Crippen LogP contribution in [0.5, 0.6) is 0 Å². The molecule has 1 aliphatic heterocycles.